The third-order valence-corrected chi connectivity index (χ3v) is 3.60. The molecular formula is C17H17BrN2O3. The molecule has 0 aliphatic rings. The molecule has 0 atom stereocenters. The number of ether oxygens (including phenoxy) is 1. The maximum absolute atomic E-state index is 11.9. The van der Waals surface area contributed by atoms with Crippen molar-refractivity contribution < 1.29 is 14.3 Å². The van der Waals surface area contributed by atoms with E-state index in [1.807, 2.05) is 30.3 Å². The van der Waals surface area contributed by atoms with Gasteiger partial charge in [-0.2, -0.15) is 0 Å². The van der Waals surface area contributed by atoms with Crippen molar-refractivity contribution >= 4 is 39.2 Å². The van der Waals surface area contributed by atoms with E-state index in [1.54, 1.807) is 18.2 Å². The Labute approximate surface area is 143 Å². The number of nitrogens with one attached hydrogen (secondary N) is 2. The number of carbonyl (C=O) groups is 2. The molecule has 0 aliphatic carbocycles. The lowest BCUT2D eigenvalue weighted by atomic mass is 10.2. The van der Waals surface area contributed by atoms with E-state index in [4.69, 9.17) is 4.74 Å². The van der Waals surface area contributed by atoms with E-state index in [0.717, 1.165) is 10.2 Å². The van der Waals surface area contributed by atoms with Gasteiger partial charge in [-0.3, -0.25) is 4.79 Å². The molecule has 0 aromatic heterocycles. The smallest absolute Gasteiger partial charge is 0.339 e. The first kappa shape index (κ1) is 17.0. The Bertz CT molecular complexity index is 704. The first-order chi connectivity index (χ1) is 11.1. The monoisotopic (exact) mass is 376 g/mol. The van der Waals surface area contributed by atoms with Crippen molar-refractivity contribution in [2.75, 3.05) is 24.3 Å². The summed E-state index contributed by atoms with van der Waals surface area (Å²) in [4.78, 5) is 23.6. The highest BCUT2D eigenvalue weighted by Crippen LogP contribution is 2.17. The standard InChI is InChI=1S/C17H17BrN2O3/c1-23-17(22)14-7-2-3-8-15(14)19-10-9-16(21)20-13-6-4-5-12(18)11-13/h2-8,11,19H,9-10H2,1H3,(H,20,21). The number of halogens is 1. The number of esters is 1. The minimum absolute atomic E-state index is 0.105. The number of anilines is 2. The fraction of sp³-hybridized carbons (Fsp3) is 0.176. The van der Waals surface area contributed by atoms with Gasteiger partial charge < -0.3 is 15.4 Å². The van der Waals surface area contributed by atoms with Crippen LogP contribution in [-0.4, -0.2) is 25.5 Å². The zero-order valence-corrected chi connectivity index (χ0v) is 14.2. The predicted octanol–water partition coefficient (Wildman–Crippen LogP) is 3.68. The first-order valence-corrected chi connectivity index (χ1v) is 7.86. The Morgan fingerprint density at radius 3 is 2.65 bits per heavy atom. The summed E-state index contributed by atoms with van der Waals surface area (Å²) in [5, 5.41) is 5.90. The number of hydrogen-bond acceptors (Lipinski definition) is 4. The van der Waals surface area contributed by atoms with Crippen LogP contribution in [-0.2, 0) is 9.53 Å². The Kier molecular flexibility index (Phi) is 6.17. The summed E-state index contributed by atoms with van der Waals surface area (Å²) in [6.45, 7) is 0.411. The average Bonchev–Trinajstić information content (AvgIpc) is 2.54. The molecule has 23 heavy (non-hydrogen) atoms. The summed E-state index contributed by atoms with van der Waals surface area (Å²) in [7, 11) is 1.34. The Morgan fingerprint density at radius 1 is 1.13 bits per heavy atom. The van der Waals surface area contributed by atoms with Crippen LogP contribution in [0.1, 0.15) is 16.8 Å². The van der Waals surface area contributed by atoms with Gasteiger partial charge in [-0.25, -0.2) is 4.79 Å². The van der Waals surface area contributed by atoms with Crippen molar-refractivity contribution in [2.24, 2.45) is 0 Å². The second kappa shape index (κ2) is 8.33. The minimum Gasteiger partial charge on any atom is -0.465 e. The van der Waals surface area contributed by atoms with Crippen LogP contribution in [0.15, 0.2) is 53.0 Å². The molecule has 2 N–H and O–H groups in total. The van der Waals surface area contributed by atoms with Gasteiger partial charge in [-0.05, 0) is 30.3 Å². The zero-order chi connectivity index (χ0) is 16.7. The van der Waals surface area contributed by atoms with E-state index < -0.39 is 5.97 Å². The van der Waals surface area contributed by atoms with Gasteiger partial charge in [0.05, 0.1) is 12.7 Å². The number of hydrogen-bond donors (Lipinski definition) is 2. The third-order valence-electron chi connectivity index (χ3n) is 3.11. The minimum atomic E-state index is -0.410. The molecule has 2 aromatic carbocycles. The molecule has 5 nitrogen and oxygen atoms in total. The molecule has 0 heterocycles. The highest BCUT2D eigenvalue weighted by molar-refractivity contribution is 9.10. The number of amides is 1. The number of benzene rings is 2. The summed E-state index contributed by atoms with van der Waals surface area (Å²) in [5.74, 6) is -0.516. The second-order valence-corrected chi connectivity index (χ2v) is 5.69. The fourth-order valence-electron chi connectivity index (χ4n) is 2.03. The highest BCUT2D eigenvalue weighted by Gasteiger charge is 2.11. The van der Waals surface area contributed by atoms with Gasteiger partial charge in [0.15, 0.2) is 0 Å². The quantitative estimate of drug-likeness (QED) is 0.754. The maximum atomic E-state index is 11.9. The lowest BCUT2D eigenvalue weighted by molar-refractivity contribution is -0.115. The SMILES string of the molecule is COC(=O)c1ccccc1NCCC(=O)Nc1cccc(Br)c1. The Morgan fingerprint density at radius 2 is 1.91 bits per heavy atom. The predicted molar refractivity (Wildman–Crippen MR) is 93.7 cm³/mol. The van der Waals surface area contributed by atoms with Crippen LogP contribution in [0.5, 0.6) is 0 Å². The molecule has 0 saturated heterocycles. The van der Waals surface area contributed by atoms with E-state index in [2.05, 4.69) is 26.6 Å². The summed E-state index contributed by atoms with van der Waals surface area (Å²) in [5.41, 5.74) is 1.83. The third kappa shape index (κ3) is 5.10. The summed E-state index contributed by atoms with van der Waals surface area (Å²) in [6, 6.07) is 14.4. The topological polar surface area (TPSA) is 67.4 Å². The average molecular weight is 377 g/mol. The molecule has 0 saturated carbocycles. The molecule has 0 bridgehead atoms. The summed E-state index contributed by atoms with van der Waals surface area (Å²) in [6.07, 6.45) is 0.280. The Hall–Kier alpha value is -2.34. The number of rotatable bonds is 6. The van der Waals surface area contributed by atoms with Crippen LogP contribution in [0, 0.1) is 0 Å². The van der Waals surface area contributed by atoms with Crippen molar-refractivity contribution in [1.29, 1.82) is 0 Å². The number of para-hydroxylation sites is 1. The van der Waals surface area contributed by atoms with Crippen molar-refractivity contribution in [1.82, 2.24) is 0 Å². The van der Waals surface area contributed by atoms with Gasteiger partial charge in [0.2, 0.25) is 5.91 Å². The summed E-state index contributed by atoms with van der Waals surface area (Å²) < 4.78 is 5.64. The van der Waals surface area contributed by atoms with Crippen LogP contribution in [0.3, 0.4) is 0 Å². The van der Waals surface area contributed by atoms with E-state index in [9.17, 15) is 9.59 Å². The van der Waals surface area contributed by atoms with Crippen LogP contribution >= 0.6 is 15.9 Å². The van der Waals surface area contributed by atoms with Crippen LogP contribution in [0.2, 0.25) is 0 Å². The van der Waals surface area contributed by atoms with E-state index in [-0.39, 0.29) is 12.3 Å². The molecule has 120 valence electrons. The van der Waals surface area contributed by atoms with Gasteiger partial charge in [-0.1, -0.05) is 34.1 Å². The van der Waals surface area contributed by atoms with Crippen molar-refractivity contribution in [3.63, 3.8) is 0 Å². The molecule has 2 rings (SSSR count). The number of methoxy groups -OCH3 is 1. The van der Waals surface area contributed by atoms with Crippen LogP contribution in [0.4, 0.5) is 11.4 Å². The molecule has 0 radical (unpaired) electrons. The molecule has 0 unspecified atom stereocenters. The molecule has 1 amide bonds. The largest absolute Gasteiger partial charge is 0.465 e. The number of carbonyl (C=O) groups excluding carboxylic acids is 2. The second-order valence-electron chi connectivity index (χ2n) is 4.77. The van der Waals surface area contributed by atoms with Gasteiger partial charge in [0, 0.05) is 28.8 Å². The first-order valence-electron chi connectivity index (χ1n) is 7.07. The van der Waals surface area contributed by atoms with E-state index in [1.165, 1.54) is 7.11 Å². The van der Waals surface area contributed by atoms with E-state index in [0.29, 0.717) is 17.8 Å². The van der Waals surface area contributed by atoms with Gasteiger partial charge in [0.1, 0.15) is 0 Å². The van der Waals surface area contributed by atoms with E-state index >= 15 is 0 Å². The normalized spacial score (nSPS) is 10.0. The van der Waals surface area contributed by atoms with Gasteiger partial charge >= 0.3 is 5.97 Å². The highest BCUT2D eigenvalue weighted by atomic mass is 79.9. The molecular weight excluding hydrogens is 360 g/mol. The van der Waals surface area contributed by atoms with Crippen molar-refractivity contribution in [2.45, 2.75) is 6.42 Å². The lowest BCUT2D eigenvalue weighted by Crippen LogP contribution is -2.17. The lowest BCUT2D eigenvalue weighted by Gasteiger charge is -2.11. The molecule has 2 aromatic rings. The maximum Gasteiger partial charge on any atom is 0.339 e. The van der Waals surface area contributed by atoms with Crippen LogP contribution in [0.25, 0.3) is 0 Å². The molecule has 0 aliphatic heterocycles. The Balaban J connectivity index is 1.88. The van der Waals surface area contributed by atoms with Gasteiger partial charge in [0.25, 0.3) is 0 Å². The molecule has 6 heteroatoms. The van der Waals surface area contributed by atoms with Crippen LogP contribution < -0.4 is 10.6 Å². The van der Waals surface area contributed by atoms with Crippen molar-refractivity contribution in [3.05, 3.63) is 58.6 Å². The summed E-state index contributed by atoms with van der Waals surface area (Å²) >= 11 is 3.36. The fourth-order valence-corrected chi connectivity index (χ4v) is 2.42. The zero-order valence-electron chi connectivity index (χ0n) is 12.6. The molecule has 0 fully saturated rings. The van der Waals surface area contributed by atoms with Gasteiger partial charge in [-0.15, -0.1) is 0 Å². The van der Waals surface area contributed by atoms with Crippen molar-refractivity contribution in [3.8, 4) is 0 Å². The molecule has 0 spiro atoms.